The first kappa shape index (κ1) is 12.7. The fraction of sp³-hybridized carbons (Fsp3) is 0.333. The zero-order chi connectivity index (χ0) is 13.1. The van der Waals surface area contributed by atoms with Crippen LogP contribution in [0, 0.1) is 0 Å². The van der Waals surface area contributed by atoms with Crippen LogP contribution < -0.4 is 10.2 Å². The second-order valence-electron chi connectivity index (χ2n) is 4.27. The highest BCUT2D eigenvalue weighted by Gasteiger charge is 2.09. The molecule has 0 saturated carbocycles. The van der Waals surface area contributed by atoms with Gasteiger partial charge in [-0.2, -0.15) is 0 Å². The average molecular weight is 266 g/mol. The summed E-state index contributed by atoms with van der Waals surface area (Å²) in [4.78, 5) is 1.99. The summed E-state index contributed by atoms with van der Waals surface area (Å²) in [5.41, 5.74) is 2.85. The summed E-state index contributed by atoms with van der Waals surface area (Å²) < 4.78 is 1.68. The largest absolute Gasteiger partial charge is 0.378 e. The number of para-hydroxylation sites is 1. The van der Waals surface area contributed by atoms with Crippen LogP contribution in [0.15, 0.2) is 24.4 Å². The fourth-order valence-corrected chi connectivity index (χ4v) is 2.12. The van der Waals surface area contributed by atoms with Crippen molar-refractivity contribution in [3.63, 3.8) is 0 Å². The fourth-order valence-electron chi connectivity index (χ4n) is 1.77. The molecule has 96 valence electrons. The second kappa shape index (κ2) is 5.27. The molecular formula is C12H16ClN5. The number of hydrogen-bond donors (Lipinski definition) is 1. The van der Waals surface area contributed by atoms with Gasteiger partial charge in [0.25, 0.3) is 0 Å². The van der Waals surface area contributed by atoms with Crippen LogP contribution >= 0.6 is 11.6 Å². The number of benzene rings is 1. The molecule has 6 heteroatoms. The highest BCUT2D eigenvalue weighted by Crippen LogP contribution is 2.32. The Kier molecular flexibility index (Phi) is 3.72. The molecule has 0 radical (unpaired) electrons. The Balaban J connectivity index is 2.16. The molecule has 1 aromatic heterocycles. The molecule has 5 nitrogen and oxygen atoms in total. The molecule has 0 aliphatic carbocycles. The SMILES string of the molecule is CN(C)c1c(Cl)cccc1NCc1cn(C)nn1. The van der Waals surface area contributed by atoms with Crippen LogP contribution in [0.25, 0.3) is 0 Å². The average Bonchev–Trinajstić information content (AvgIpc) is 2.72. The number of nitrogens with zero attached hydrogens (tertiary/aromatic N) is 4. The maximum Gasteiger partial charge on any atom is 0.102 e. The van der Waals surface area contributed by atoms with Gasteiger partial charge >= 0.3 is 0 Å². The standard InChI is InChI=1S/C12H16ClN5/c1-17(2)12-10(13)5-4-6-11(12)14-7-9-8-18(3)16-15-9/h4-6,8,14H,7H2,1-3H3. The van der Waals surface area contributed by atoms with Gasteiger partial charge in [-0.05, 0) is 12.1 Å². The predicted octanol–water partition coefficient (Wildman–Crippen LogP) is 2.15. The minimum absolute atomic E-state index is 0.620. The van der Waals surface area contributed by atoms with Crippen molar-refractivity contribution in [1.29, 1.82) is 0 Å². The Morgan fingerprint density at radius 3 is 2.78 bits per heavy atom. The van der Waals surface area contributed by atoms with Crippen molar-refractivity contribution in [2.45, 2.75) is 6.54 Å². The lowest BCUT2D eigenvalue weighted by molar-refractivity contribution is 0.713. The first-order chi connectivity index (χ1) is 8.58. The first-order valence-electron chi connectivity index (χ1n) is 5.63. The van der Waals surface area contributed by atoms with Crippen LogP contribution in [0.2, 0.25) is 5.02 Å². The molecule has 0 saturated heterocycles. The molecule has 0 atom stereocenters. The zero-order valence-corrected chi connectivity index (χ0v) is 11.4. The maximum absolute atomic E-state index is 6.20. The molecule has 1 N–H and O–H groups in total. The molecule has 1 aromatic carbocycles. The Morgan fingerprint density at radius 2 is 2.17 bits per heavy atom. The third-order valence-corrected chi connectivity index (χ3v) is 2.85. The van der Waals surface area contributed by atoms with Gasteiger partial charge < -0.3 is 10.2 Å². The van der Waals surface area contributed by atoms with Crippen LogP contribution in [0.1, 0.15) is 5.69 Å². The van der Waals surface area contributed by atoms with Gasteiger partial charge in [0.1, 0.15) is 5.69 Å². The molecule has 2 aromatic rings. The monoisotopic (exact) mass is 265 g/mol. The number of halogens is 1. The second-order valence-corrected chi connectivity index (χ2v) is 4.67. The van der Waals surface area contributed by atoms with Crippen molar-refractivity contribution in [2.24, 2.45) is 7.05 Å². The normalized spacial score (nSPS) is 10.4. The summed E-state index contributed by atoms with van der Waals surface area (Å²) >= 11 is 6.20. The number of nitrogens with one attached hydrogen (secondary N) is 1. The van der Waals surface area contributed by atoms with E-state index in [1.807, 2.05) is 50.4 Å². The molecule has 0 unspecified atom stereocenters. The van der Waals surface area contributed by atoms with Gasteiger partial charge in [0.2, 0.25) is 0 Å². The van der Waals surface area contributed by atoms with E-state index in [-0.39, 0.29) is 0 Å². The van der Waals surface area contributed by atoms with E-state index in [2.05, 4.69) is 15.6 Å². The zero-order valence-electron chi connectivity index (χ0n) is 10.7. The van der Waals surface area contributed by atoms with E-state index in [4.69, 9.17) is 11.6 Å². The Hall–Kier alpha value is -1.75. The van der Waals surface area contributed by atoms with Crippen molar-refractivity contribution in [2.75, 3.05) is 24.3 Å². The maximum atomic E-state index is 6.20. The van der Waals surface area contributed by atoms with Crippen molar-refractivity contribution in [1.82, 2.24) is 15.0 Å². The molecule has 18 heavy (non-hydrogen) atoms. The van der Waals surface area contributed by atoms with Crippen LogP contribution in [-0.2, 0) is 13.6 Å². The van der Waals surface area contributed by atoms with Crippen LogP contribution in [-0.4, -0.2) is 29.1 Å². The van der Waals surface area contributed by atoms with Gasteiger partial charge in [-0.1, -0.05) is 22.9 Å². The van der Waals surface area contributed by atoms with Gasteiger partial charge in [-0.3, -0.25) is 4.68 Å². The summed E-state index contributed by atoms with van der Waals surface area (Å²) in [7, 11) is 5.78. The van der Waals surface area contributed by atoms with E-state index in [0.717, 1.165) is 22.1 Å². The Bertz CT molecular complexity index is 535. The molecular weight excluding hydrogens is 250 g/mol. The molecule has 1 heterocycles. The molecule has 2 rings (SSSR count). The molecule has 0 amide bonds. The molecule has 0 fully saturated rings. The molecule has 0 aliphatic rings. The van der Waals surface area contributed by atoms with E-state index >= 15 is 0 Å². The number of aromatic nitrogens is 3. The molecule has 0 spiro atoms. The lowest BCUT2D eigenvalue weighted by Gasteiger charge is -2.19. The number of aryl methyl sites for hydroxylation is 1. The third kappa shape index (κ3) is 2.73. The van der Waals surface area contributed by atoms with Crippen LogP contribution in [0.4, 0.5) is 11.4 Å². The highest BCUT2D eigenvalue weighted by molar-refractivity contribution is 6.34. The quantitative estimate of drug-likeness (QED) is 0.920. The topological polar surface area (TPSA) is 46.0 Å². The van der Waals surface area contributed by atoms with E-state index in [9.17, 15) is 0 Å². The van der Waals surface area contributed by atoms with Gasteiger partial charge in [0, 0.05) is 27.3 Å². The number of anilines is 2. The van der Waals surface area contributed by atoms with E-state index in [1.54, 1.807) is 4.68 Å². The van der Waals surface area contributed by atoms with E-state index in [1.165, 1.54) is 0 Å². The van der Waals surface area contributed by atoms with Gasteiger partial charge in [-0.25, -0.2) is 0 Å². The lowest BCUT2D eigenvalue weighted by atomic mass is 10.2. The number of rotatable bonds is 4. The first-order valence-corrected chi connectivity index (χ1v) is 6.00. The summed E-state index contributed by atoms with van der Waals surface area (Å²) in [5, 5.41) is 12.0. The van der Waals surface area contributed by atoms with Crippen molar-refractivity contribution >= 4 is 23.0 Å². The van der Waals surface area contributed by atoms with Crippen LogP contribution in [0.3, 0.4) is 0 Å². The van der Waals surface area contributed by atoms with Crippen molar-refractivity contribution in [3.05, 3.63) is 35.1 Å². The molecule has 0 bridgehead atoms. The van der Waals surface area contributed by atoms with Gasteiger partial charge in [0.15, 0.2) is 0 Å². The number of hydrogen-bond acceptors (Lipinski definition) is 4. The smallest absolute Gasteiger partial charge is 0.102 e. The summed E-state index contributed by atoms with van der Waals surface area (Å²) in [6.07, 6.45) is 1.88. The van der Waals surface area contributed by atoms with E-state index < -0.39 is 0 Å². The molecule has 0 aliphatic heterocycles. The van der Waals surface area contributed by atoms with Crippen molar-refractivity contribution in [3.8, 4) is 0 Å². The minimum Gasteiger partial charge on any atom is -0.378 e. The summed E-state index contributed by atoms with van der Waals surface area (Å²) in [6, 6.07) is 5.80. The van der Waals surface area contributed by atoms with Gasteiger partial charge in [-0.15, -0.1) is 5.10 Å². The highest BCUT2D eigenvalue weighted by atomic mass is 35.5. The van der Waals surface area contributed by atoms with Gasteiger partial charge in [0.05, 0.1) is 22.9 Å². The predicted molar refractivity (Wildman–Crippen MR) is 74.1 cm³/mol. The third-order valence-electron chi connectivity index (χ3n) is 2.54. The van der Waals surface area contributed by atoms with Crippen LogP contribution in [0.5, 0.6) is 0 Å². The van der Waals surface area contributed by atoms with Crippen molar-refractivity contribution < 1.29 is 0 Å². The lowest BCUT2D eigenvalue weighted by Crippen LogP contribution is -2.12. The Labute approximate surface area is 111 Å². The Morgan fingerprint density at radius 1 is 1.39 bits per heavy atom. The summed E-state index contributed by atoms with van der Waals surface area (Å²) in [6.45, 7) is 0.620. The summed E-state index contributed by atoms with van der Waals surface area (Å²) in [5.74, 6) is 0. The van der Waals surface area contributed by atoms with E-state index in [0.29, 0.717) is 6.54 Å². The minimum atomic E-state index is 0.620.